The highest BCUT2D eigenvalue weighted by Gasteiger charge is 2.08. The molecule has 0 aromatic heterocycles. The summed E-state index contributed by atoms with van der Waals surface area (Å²) in [6, 6.07) is 24.6. The standard InChI is InChI=1S/C21H17BrO/c1-2-16-12-18(14-19(22)13-16)20-10-6-7-11-21(20)23-15-17-8-4-3-5-9-17/h2-14H,1,15H2. The van der Waals surface area contributed by atoms with Crippen LogP contribution in [0.5, 0.6) is 5.75 Å². The Hall–Kier alpha value is -2.32. The van der Waals surface area contributed by atoms with Gasteiger partial charge in [-0.25, -0.2) is 0 Å². The summed E-state index contributed by atoms with van der Waals surface area (Å²) >= 11 is 3.56. The molecule has 0 saturated carbocycles. The summed E-state index contributed by atoms with van der Waals surface area (Å²) in [4.78, 5) is 0. The summed E-state index contributed by atoms with van der Waals surface area (Å²) in [6.07, 6.45) is 1.85. The first-order chi connectivity index (χ1) is 11.3. The highest BCUT2D eigenvalue weighted by molar-refractivity contribution is 9.10. The molecule has 0 aliphatic rings. The fourth-order valence-corrected chi connectivity index (χ4v) is 2.96. The number of rotatable bonds is 5. The van der Waals surface area contributed by atoms with Crippen LogP contribution in [0.15, 0.2) is 83.8 Å². The maximum atomic E-state index is 6.05. The molecular weight excluding hydrogens is 348 g/mol. The summed E-state index contributed by atoms with van der Waals surface area (Å²) in [6.45, 7) is 4.41. The number of ether oxygens (including phenoxy) is 1. The fraction of sp³-hybridized carbons (Fsp3) is 0.0476. The van der Waals surface area contributed by atoms with E-state index in [0.29, 0.717) is 6.61 Å². The highest BCUT2D eigenvalue weighted by Crippen LogP contribution is 2.33. The van der Waals surface area contributed by atoms with Crippen molar-refractivity contribution in [1.29, 1.82) is 0 Å². The second-order valence-corrected chi connectivity index (χ2v) is 6.16. The van der Waals surface area contributed by atoms with E-state index in [2.05, 4.69) is 52.8 Å². The van der Waals surface area contributed by atoms with Crippen LogP contribution in [-0.2, 0) is 6.61 Å². The van der Waals surface area contributed by atoms with Gasteiger partial charge in [-0.05, 0) is 41.0 Å². The second-order valence-electron chi connectivity index (χ2n) is 5.25. The summed E-state index contributed by atoms with van der Waals surface area (Å²) in [5, 5.41) is 0. The molecule has 23 heavy (non-hydrogen) atoms. The molecule has 0 saturated heterocycles. The van der Waals surface area contributed by atoms with Gasteiger partial charge in [-0.2, -0.15) is 0 Å². The molecule has 3 aromatic rings. The van der Waals surface area contributed by atoms with E-state index in [4.69, 9.17) is 4.74 Å². The van der Waals surface area contributed by atoms with Gasteiger partial charge >= 0.3 is 0 Å². The molecule has 3 aromatic carbocycles. The van der Waals surface area contributed by atoms with Gasteiger partial charge < -0.3 is 4.74 Å². The van der Waals surface area contributed by atoms with Crippen LogP contribution in [-0.4, -0.2) is 0 Å². The number of benzene rings is 3. The Morgan fingerprint density at radius 3 is 2.43 bits per heavy atom. The molecule has 0 heterocycles. The van der Waals surface area contributed by atoms with E-state index >= 15 is 0 Å². The number of hydrogen-bond acceptors (Lipinski definition) is 1. The zero-order valence-corrected chi connectivity index (χ0v) is 14.3. The van der Waals surface area contributed by atoms with Crippen LogP contribution in [0.2, 0.25) is 0 Å². The number of hydrogen-bond donors (Lipinski definition) is 0. The molecule has 0 amide bonds. The molecule has 0 aliphatic heterocycles. The molecule has 3 rings (SSSR count). The van der Waals surface area contributed by atoms with E-state index in [1.807, 2.05) is 48.5 Å². The monoisotopic (exact) mass is 364 g/mol. The van der Waals surface area contributed by atoms with E-state index in [0.717, 1.165) is 32.5 Å². The van der Waals surface area contributed by atoms with Gasteiger partial charge in [0.1, 0.15) is 12.4 Å². The Morgan fingerprint density at radius 1 is 0.913 bits per heavy atom. The minimum Gasteiger partial charge on any atom is -0.488 e. The van der Waals surface area contributed by atoms with Crippen LogP contribution in [0, 0.1) is 0 Å². The highest BCUT2D eigenvalue weighted by atomic mass is 79.9. The molecule has 0 unspecified atom stereocenters. The number of halogens is 1. The Bertz CT molecular complexity index is 809. The molecule has 0 spiro atoms. The Kier molecular flexibility index (Phi) is 4.94. The largest absolute Gasteiger partial charge is 0.488 e. The van der Waals surface area contributed by atoms with Crippen molar-refractivity contribution in [2.24, 2.45) is 0 Å². The van der Waals surface area contributed by atoms with Crippen LogP contribution in [0.3, 0.4) is 0 Å². The Balaban J connectivity index is 1.91. The van der Waals surface area contributed by atoms with Gasteiger partial charge in [-0.15, -0.1) is 0 Å². The molecule has 0 aliphatic carbocycles. The van der Waals surface area contributed by atoms with Gasteiger partial charge in [0.2, 0.25) is 0 Å². The summed E-state index contributed by atoms with van der Waals surface area (Å²) in [5.41, 5.74) is 4.42. The van der Waals surface area contributed by atoms with Crippen LogP contribution in [0.4, 0.5) is 0 Å². The van der Waals surface area contributed by atoms with Gasteiger partial charge in [0, 0.05) is 10.0 Å². The second kappa shape index (κ2) is 7.30. The van der Waals surface area contributed by atoms with Crippen molar-refractivity contribution in [2.45, 2.75) is 6.61 Å². The quantitative estimate of drug-likeness (QED) is 0.513. The van der Waals surface area contributed by atoms with E-state index in [-0.39, 0.29) is 0 Å². The van der Waals surface area contributed by atoms with E-state index in [9.17, 15) is 0 Å². The molecule has 0 N–H and O–H groups in total. The SMILES string of the molecule is C=Cc1cc(Br)cc(-c2ccccc2OCc2ccccc2)c1. The third kappa shape index (κ3) is 3.91. The van der Waals surface area contributed by atoms with Gasteiger partial charge in [-0.1, -0.05) is 77.1 Å². The zero-order valence-electron chi connectivity index (χ0n) is 12.7. The van der Waals surface area contributed by atoms with Gasteiger partial charge in [0.05, 0.1) is 0 Å². The van der Waals surface area contributed by atoms with E-state index in [1.54, 1.807) is 0 Å². The van der Waals surface area contributed by atoms with Crippen molar-refractivity contribution in [1.82, 2.24) is 0 Å². The van der Waals surface area contributed by atoms with Crippen molar-refractivity contribution in [2.75, 3.05) is 0 Å². The molecule has 0 radical (unpaired) electrons. The lowest BCUT2D eigenvalue weighted by atomic mass is 10.0. The average molecular weight is 365 g/mol. The van der Waals surface area contributed by atoms with Crippen LogP contribution in [0.25, 0.3) is 17.2 Å². The molecular formula is C21H17BrO. The van der Waals surface area contributed by atoms with Crippen molar-refractivity contribution in [3.05, 3.63) is 95.0 Å². The maximum absolute atomic E-state index is 6.05. The lowest BCUT2D eigenvalue weighted by Crippen LogP contribution is -1.96. The van der Waals surface area contributed by atoms with Crippen molar-refractivity contribution < 1.29 is 4.74 Å². The molecule has 2 heteroatoms. The third-order valence-corrected chi connectivity index (χ3v) is 4.05. The molecule has 114 valence electrons. The first-order valence-corrected chi connectivity index (χ1v) is 8.25. The third-order valence-electron chi connectivity index (χ3n) is 3.59. The predicted molar refractivity (Wildman–Crippen MR) is 100 cm³/mol. The fourth-order valence-electron chi connectivity index (χ4n) is 2.45. The summed E-state index contributed by atoms with van der Waals surface area (Å²) in [5.74, 6) is 0.879. The van der Waals surface area contributed by atoms with E-state index in [1.165, 1.54) is 0 Å². The average Bonchev–Trinajstić information content (AvgIpc) is 2.60. The van der Waals surface area contributed by atoms with Gasteiger partial charge in [0.25, 0.3) is 0 Å². The first-order valence-electron chi connectivity index (χ1n) is 7.45. The molecule has 0 fully saturated rings. The van der Waals surface area contributed by atoms with Gasteiger partial charge in [-0.3, -0.25) is 0 Å². The lowest BCUT2D eigenvalue weighted by Gasteiger charge is -2.13. The van der Waals surface area contributed by atoms with Crippen molar-refractivity contribution in [3.8, 4) is 16.9 Å². The maximum Gasteiger partial charge on any atom is 0.127 e. The first kappa shape index (κ1) is 15.6. The molecule has 1 nitrogen and oxygen atoms in total. The Morgan fingerprint density at radius 2 is 1.65 bits per heavy atom. The van der Waals surface area contributed by atoms with Crippen LogP contribution in [0.1, 0.15) is 11.1 Å². The number of para-hydroxylation sites is 1. The molecule has 0 atom stereocenters. The van der Waals surface area contributed by atoms with Crippen molar-refractivity contribution in [3.63, 3.8) is 0 Å². The van der Waals surface area contributed by atoms with Crippen molar-refractivity contribution >= 4 is 22.0 Å². The topological polar surface area (TPSA) is 9.23 Å². The zero-order chi connectivity index (χ0) is 16.1. The van der Waals surface area contributed by atoms with Gasteiger partial charge in [0.15, 0.2) is 0 Å². The predicted octanol–water partition coefficient (Wildman–Crippen LogP) is 6.34. The van der Waals surface area contributed by atoms with Crippen LogP contribution >= 0.6 is 15.9 Å². The minimum absolute atomic E-state index is 0.556. The normalized spacial score (nSPS) is 10.3. The summed E-state index contributed by atoms with van der Waals surface area (Å²) < 4.78 is 7.08. The summed E-state index contributed by atoms with van der Waals surface area (Å²) in [7, 11) is 0. The minimum atomic E-state index is 0.556. The Labute approximate surface area is 145 Å². The lowest BCUT2D eigenvalue weighted by molar-refractivity contribution is 0.307. The van der Waals surface area contributed by atoms with E-state index < -0.39 is 0 Å². The smallest absolute Gasteiger partial charge is 0.127 e. The molecule has 0 bridgehead atoms. The van der Waals surface area contributed by atoms with Crippen LogP contribution < -0.4 is 4.74 Å².